The number of hydrogen-bond donors (Lipinski definition) is 2. The van der Waals surface area contributed by atoms with Gasteiger partial charge in [0.15, 0.2) is 0 Å². The van der Waals surface area contributed by atoms with E-state index in [1.807, 2.05) is 0 Å². The van der Waals surface area contributed by atoms with Crippen LogP contribution in [0.2, 0.25) is 0 Å². The highest BCUT2D eigenvalue weighted by atomic mass is 19.1. The largest absolute Gasteiger partial charge is 0.463 e. The van der Waals surface area contributed by atoms with E-state index in [0.717, 1.165) is 12.1 Å². The number of carbonyl (C=O) groups is 3. The molecule has 0 fully saturated rings. The molecule has 0 radical (unpaired) electrons. The van der Waals surface area contributed by atoms with Crippen molar-refractivity contribution < 1.29 is 28.2 Å². The van der Waals surface area contributed by atoms with Crippen LogP contribution < -0.4 is 10.6 Å². The Hall–Kier alpha value is -2.90. The van der Waals surface area contributed by atoms with Crippen LogP contribution in [0.1, 0.15) is 30.6 Å². The van der Waals surface area contributed by atoms with Crippen LogP contribution in [0.25, 0.3) is 0 Å². The summed E-state index contributed by atoms with van der Waals surface area (Å²) in [5.74, 6) is -1.76. The number of esters is 2. The second-order valence-electron chi connectivity index (χ2n) is 5.26. The first-order chi connectivity index (χ1) is 12.0. The molecule has 1 heterocycles. The summed E-state index contributed by atoms with van der Waals surface area (Å²) in [6.45, 7) is 3.34. The van der Waals surface area contributed by atoms with E-state index in [4.69, 9.17) is 9.47 Å². The maximum atomic E-state index is 12.9. The van der Waals surface area contributed by atoms with Crippen molar-refractivity contribution in [3.63, 3.8) is 0 Å². The average molecular weight is 350 g/mol. The molecule has 1 aliphatic rings. The average Bonchev–Trinajstić information content (AvgIpc) is 2.59. The van der Waals surface area contributed by atoms with Crippen molar-refractivity contribution in [1.82, 2.24) is 10.6 Å². The van der Waals surface area contributed by atoms with E-state index in [2.05, 4.69) is 10.6 Å². The van der Waals surface area contributed by atoms with E-state index in [1.54, 1.807) is 13.8 Å². The summed E-state index contributed by atoms with van der Waals surface area (Å²) >= 11 is 0. The smallest absolute Gasteiger partial charge is 0.338 e. The van der Waals surface area contributed by atoms with Gasteiger partial charge in [-0.25, -0.2) is 18.8 Å². The minimum atomic E-state index is -0.698. The van der Waals surface area contributed by atoms with Gasteiger partial charge < -0.3 is 20.1 Å². The summed E-state index contributed by atoms with van der Waals surface area (Å²) in [6.07, 6.45) is 0.469. The SMILES string of the molecule is CCOC(=O)C1=C(COC(=O)c2ccc(F)cc2)NC(=O)N[C@@H]1CC. The standard InChI is InChI=1S/C17H19FN2O5/c1-3-12-14(16(22)24-4-2)13(20-17(23)19-12)9-25-15(21)10-5-7-11(18)8-6-10/h5-8,12H,3-4,9H2,1-2H3,(H2,19,20,23)/t12-/m1/s1. The summed E-state index contributed by atoms with van der Waals surface area (Å²) in [4.78, 5) is 35.9. The Bertz CT molecular complexity index is 699. The second kappa shape index (κ2) is 8.27. The quantitative estimate of drug-likeness (QED) is 0.764. The van der Waals surface area contributed by atoms with E-state index < -0.39 is 29.8 Å². The molecular formula is C17H19FN2O5. The normalized spacial score (nSPS) is 16.8. The zero-order valence-electron chi connectivity index (χ0n) is 13.9. The number of nitrogens with one attached hydrogen (secondary N) is 2. The van der Waals surface area contributed by atoms with Crippen molar-refractivity contribution in [1.29, 1.82) is 0 Å². The molecule has 0 spiro atoms. The van der Waals surface area contributed by atoms with Gasteiger partial charge >= 0.3 is 18.0 Å². The monoisotopic (exact) mass is 350 g/mol. The lowest BCUT2D eigenvalue weighted by molar-refractivity contribution is -0.139. The molecule has 8 heteroatoms. The summed E-state index contributed by atoms with van der Waals surface area (Å²) in [6, 6.07) is 3.82. The third-order valence-corrected chi connectivity index (χ3v) is 3.57. The van der Waals surface area contributed by atoms with Gasteiger partial charge in [-0.2, -0.15) is 0 Å². The number of halogens is 1. The maximum Gasteiger partial charge on any atom is 0.338 e. The number of amides is 2. The molecule has 2 N–H and O–H groups in total. The number of benzene rings is 1. The fraction of sp³-hybridized carbons (Fsp3) is 0.353. The lowest BCUT2D eigenvalue weighted by Crippen LogP contribution is -2.51. The van der Waals surface area contributed by atoms with Crippen LogP contribution in [0.3, 0.4) is 0 Å². The molecule has 1 aliphatic heterocycles. The Balaban J connectivity index is 2.19. The third-order valence-electron chi connectivity index (χ3n) is 3.57. The van der Waals surface area contributed by atoms with Gasteiger partial charge in [-0.3, -0.25) is 0 Å². The Kier molecular flexibility index (Phi) is 6.10. The minimum Gasteiger partial charge on any atom is -0.463 e. The zero-order valence-corrected chi connectivity index (χ0v) is 13.9. The molecule has 0 unspecified atom stereocenters. The maximum absolute atomic E-state index is 12.9. The van der Waals surface area contributed by atoms with Crippen molar-refractivity contribution in [2.45, 2.75) is 26.3 Å². The van der Waals surface area contributed by atoms with Crippen molar-refractivity contribution in [2.24, 2.45) is 0 Å². The molecule has 0 aliphatic carbocycles. The van der Waals surface area contributed by atoms with E-state index in [-0.39, 0.29) is 30.0 Å². The molecule has 2 rings (SSSR count). The summed E-state index contributed by atoms with van der Waals surface area (Å²) in [5, 5.41) is 5.10. The van der Waals surface area contributed by atoms with E-state index in [0.29, 0.717) is 6.42 Å². The van der Waals surface area contributed by atoms with Crippen LogP contribution >= 0.6 is 0 Å². The van der Waals surface area contributed by atoms with Gasteiger partial charge in [-0.15, -0.1) is 0 Å². The van der Waals surface area contributed by atoms with Crippen LogP contribution in [0.15, 0.2) is 35.5 Å². The first-order valence-corrected chi connectivity index (χ1v) is 7.86. The molecular weight excluding hydrogens is 331 g/mol. The molecule has 1 atom stereocenters. The van der Waals surface area contributed by atoms with Crippen molar-refractivity contribution in [3.8, 4) is 0 Å². The highest BCUT2D eigenvalue weighted by Crippen LogP contribution is 2.18. The lowest BCUT2D eigenvalue weighted by atomic mass is 10.0. The molecule has 2 amide bonds. The Labute approximate surface area is 144 Å². The van der Waals surface area contributed by atoms with Gasteiger partial charge in [0.1, 0.15) is 12.4 Å². The molecule has 7 nitrogen and oxygen atoms in total. The first-order valence-electron chi connectivity index (χ1n) is 7.86. The van der Waals surface area contributed by atoms with Crippen LogP contribution in [0.4, 0.5) is 9.18 Å². The Morgan fingerprint density at radius 1 is 1.12 bits per heavy atom. The van der Waals surface area contributed by atoms with Gasteiger partial charge in [0.25, 0.3) is 0 Å². The molecule has 25 heavy (non-hydrogen) atoms. The Morgan fingerprint density at radius 2 is 1.80 bits per heavy atom. The van der Waals surface area contributed by atoms with Crippen molar-refractivity contribution in [3.05, 3.63) is 46.9 Å². The molecule has 0 aromatic heterocycles. The zero-order chi connectivity index (χ0) is 18.4. The van der Waals surface area contributed by atoms with Crippen LogP contribution in [-0.4, -0.2) is 37.2 Å². The minimum absolute atomic E-state index is 0.159. The van der Waals surface area contributed by atoms with Gasteiger partial charge in [0, 0.05) is 0 Å². The molecule has 0 bridgehead atoms. The second-order valence-corrected chi connectivity index (χ2v) is 5.26. The van der Waals surface area contributed by atoms with E-state index >= 15 is 0 Å². The topological polar surface area (TPSA) is 93.7 Å². The predicted molar refractivity (Wildman–Crippen MR) is 86.1 cm³/mol. The predicted octanol–water partition coefficient (Wildman–Crippen LogP) is 1.89. The fourth-order valence-electron chi connectivity index (χ4n) is 2.38. The van der Waals surface area contributed by atoms with Gasteiger partial charge in [0.05, 0.1) is 29.5 Å². The summed E-state index contributed by atoms with van der Waals surface area (Å²) in [5.41, 5.74) is 0.548. The number of ether oxygens (including phenoxy) is 2. The van der Waals surface area contributed by atoms with Gasteiger partial charge in [-0.05, 0) is 37.6 Å². The van der Waals surface area contributed by atoms with Crippen LogP contribution in [0, 0.1) is 5.82 Å². The van der Waals surface area contributed by atoms with Crippen LogP contribution in [-0.2, 0) is 14.3 Å². The molecule has 134 valence electrons. The van der Waals surface area contributed by atoms with E-state index in [1.165, 1.54) is 12.1 Å². The fourth-order valence-corrected chi connectivity index (χ4v) is 2.38. The lowest BCUT2D eigenvalue weighted by Gasteiger charge is -2.28. The molecule has 1 aromatic carbocycles. The Morgan fingerprint density at radius 3 is 2.40 bits per heavy atom. The summed E-state index contributed by atoms with van der Waals surface area (Å²) in [7, 11) is 0. The van der Waals surface area contributed by atoms with Gasteiger partial charge in [-0.1, -0.05) is 6.92 Å². The highest BCUT2D eigenvalue weighted by molar-refractivity contribution is 5.95. The number of hydrogen-bond acceptors (Lipinski definition) is 5. The molecule has 0 saturated heterocycles. The molecule has 0 saturated carbocycles. The first kappa shape index (κ1) is 18.4. The van der Waals surface area contributed by atoms with E-state index in [9.17, 15) is 18.8 Å². The number of carbonyl (C=O) groups excluding carboxylic acids is 3. The van der Waals surface area contributed by atoms with Crippen LogP contribution in [0.5, 0.6) is 0 Å². The summed E-state index contributed by atoms with van der Waals surface area (Å²) < 4.78 is 23.0. The third kappa shape index (κ3) is 4.56. The van der Waals surface area contributed by atoms with Crippen molar-refractivity contribution in [2.75, 3.05) is 13.2 Å². The number of rotatable bonds is 6. The molecule has 1 aromatic rings. The van der Waals surface area contributed by atoms with Gasteiger partial charge in [0.2, 0.25) is 0 Å². The van der Waals surface area contributed by atoms with Crippen molar-refractivity contribution >= 4 is 18.0 Å². The highest BCUT2D eigenvalue weighted by Gasteiger charge is 2.32. The number of urea groups is 1.